The zero-order valence-corrected chi connectivity index (χ0v) is 12.1. The molecule has 0 atom stereocenters. The van der Waals surface area contributed by atoms with Gasteiger partial charge in [-0.2, -0.15) is 5.10 Å². The number of aryl methyl sites for hydroxylation is 1. The SMILES string of the molecule is CCCCCCCCCCNCc1cn[nH]c1C. The molecule has 0 aliphatic carbocycles. The van der Waals surface area contributed by atoms with E-state index in [1.807, 2.05) is 6.20 Å². The minimum Gasteiger partial charge on any atom is -0.313 e. The molecule has 0 radical (unpaired) electrons. The zero-order valence-electron chi connectivity index (χ0n) is 12.1. The molecule has 1 rings (SSSR count). The lowest BCUT2D eigenvalue weighted by Crippen LogP contribution is -2.14. The number of nitrogens with zero attached hydrogens (tertiary/aromatic N) is 1. The van der Waals surface area contributed by atoms with Crippen LogP contribution in [0.3, 0.4) is 0 Å². The molecule has 1 aromatic heterocycles. The molecule has 1 aromatic rings. The molecular formula is C15H29N3. The predicted molar refractivity (Wildman–Crippen MR) is 77.6 cm³/mol. The van der Waals surface area contributed by atoms with Gasteiger partial charge in [0.05, 0.1) is 6.20 Å². The number of aromatic nitrogens is 2. The topological polar surface area (TPSA) is 40.7 Å². The Bertz CT molecular complexity index is 294. The summed E-state index contributed by atoms with van der Waals surface area (Å²) in [6.07, 6.45) is 13.0. The maximum Gasteiger partial charge on any atom is 0.0535 e. The lowest BCUT2D eigenvalue weighted by Gasteiger charge is -2.04. The van der Waals surface area contributed by atoms with Gasteiger partial charge in [0.2, 0.25) is 0 Å². The molecule has 0 spiro atoms. The number of H-pyrrole nitrogens is 1. The molecule has 104 valence electrons. The van der Waals surface area contributed by atoms with Crippen molar-refractivity contribution in [1.82, 2.24) is 15.5 Å². The summed E-state index contributed by atoms with van der Waals surface area (Å²) < 4.78 is 0. The third-order valence-corrected chi connectivity index (χ3v) is 3.46. The highest BCUT2D eigenvalue weighted by atomic mass is 15.1. The lowest BCUT2D eigenvalue weighted by molar-refractivity contribution is 0.555. The molecule has 0 unspecified atom stereocenters. The fourth-order valence-electron chi connectivity index (χ4n) is 2.16. The van der Waals surface area contributed by atoms with E-state index in [9.17, 15) is 0 Å². The molecule has 0 amide bonds. The maximum absolute atomic E-state index is 4.02. The molecule has 0 aliphatic rings. The Kier molecular flexibility index (Phi) is 8.57. The fourth-order valence-corrected chi connectivity index (χ4v) is 2.16. The van der Waals surface area contributed by atoms with Crippen LogP contribution in [0.4, 0.5) is 0 Å². The Balaban J connectivity index is 1.83. The van der Waals surface area contributed by atoms with E-state index >= 15 is 0 Å². The normalized spacial score (nSPS) is 11.0. The van der Waals surface area contributed by atoms with E-state index in [1.54, 1.807) is 0 Å². The summed E-state index contributed by atoms with van der Waals surface area (Å²) in [5.74, 6) is 0. The van der Waals surface area contributed by atoms with Crippen molar-refractivity contribution in [1.29, 1.82) is 0 Å². The van der Waals surface area contributed by atoms with Gasteiger partial charge in [-0.3, -0.25) is 5.10 Å². The van der Waals surface area contributed by atoms with Crippen LogP contribution in [0, 0.1) is 6.92 Å². The van der Waals surface area contributed by atoms with Gasteiger partial charge in [0.25, 0.3) is 0 Å². The molecule has 0 aliphatic heterocycles. The maximum atomic E-state index is 4.02. The Hall–Kier alpha value is -0.830. The van der Waals surface area contributed by atoms with Gasteiger partial charge < -0.3 is 5.32 Å². The molecule has 0 bridgehead atoms. The Morgan fingerprint density at radius 1 is 1.06 bits per heavy atom. The summed E-state index contributed by atoms with van der Waals surface area (Å²) in [5, 5.41) is 10.5. The van der Waals surface area contributed by atoms with Crippen molar-refractivity contribution in [3.63, 3.8) is 0 Å². The second-order valence-corrected chi connectivity index (χ2v) is 5.17. The standard InChI is InChI=1S/C15H29N3/c1-3-4-5-6-7-8-9-10-11-16-12-15-13-17-18-14(15)2/h13,16H,3-12H2,1-2H3,(H,17,18). The highest BCUT2D eigenvalue weighted by Crippen LogP contribution is 2.08. The number of hydrogen-bond acceptors (Lipinski definition) is 2. The average Bonchev–Trinajstić information content (AvgIpc) is 2.77. The van der Waals surface area contributed by atoms with Crippen molar-refractivity contribution in [2.24, 2.45) is 0 Å². The molecule has 1 heterocycles. The van der Waals surface area contributed by atoms with Gasteiger partial charge >= 0.3 is 0 Å². The average molecular weight is 251 g/mol. The Labute approximate surface area is 112 Å². The van der Waals surface area contributed by atoms with Gasteiger partial charge in [-0.1, -0.05) is 51.9 Å². The van der Waals surface area contributed by atoms with Crippen LogP contribution in [-0.4, -0.2) is 16.7 Å². The molecule has 0 saturated heterocycles. The summed E-state index contributed by atoms with van der Waals surface area (Å²) >= 11 is 0. The second kappa shape index (κ2) is 10.1. The first-order valence-corrected chi connectivity index (χ1v) is 7.54. The summed E-state index contributed by atoms with van der Waals surface area (Å²) in [6.45, 7) is 6.41. The van der Waals surface area contributed by atoms with Crippen LogP contribution in [0.1, 0.15) is 69.5 Å². The van der Waals surface area contributed by atoms with Crippen molar-refractivity contribution in [3.8, 4) is 0 Å². The highest BCUT2D eigenvalue weighted by Gasteiger charge is 1.98. The van der Waals surface area contributed by atoms with Gasteiger partial charge in [0, 0.05) is 17.8 Å². The first-order chi connectivity index (χ1) is 8.84. The van der Waals surface area contributed by atoms with Crippen molar-refractivity contribution in [2.45, 2.75) is 71.8 Å². The van der Waals surface area contributed by atoms with Gasteiger partial charge in [0.1, 0.15) is 0 Å². The number of rotatable bonds is 11. The molecular weight excluding hydrogens is 222 g/mol. The minimum absolute atomic E-state index is 0.943. The summed E-state index contributed by atoms with van der Waals surface area (Å²) in [7, 11) is 0. The Morgan fingerprint density at radius 3 is 2.33 bits per heavy atom. The van der Waals surface area contributed by atoms with Crippen LogP contribution < -0.4 is 5.32 Å². The number of unbranched alkanes of at least 4 members (excludes halogenated alkanes) is 7. The molecule has 3 heteroatoms. The van der Waals surface area contributed by atoms with Crippen LogP contribution in [-0.2, 0) is 6.54 Å². The van der Waals surface area contributed by atoms with E-state index in [-0.39, 0.29) is 0 Å². The van der Waals surface area contributed by atoms with Gasteiger partial charge in [0.15, 0.2) is 0 Å². The first-order valence-electron chi connectivity index (χ1n) is 7.54. The number of aromatic amines is 1. The smallest absolute Gasteiger partial charge is 0.0535 e. The monoisotopic (exact) mass is 251 g/mol. The van der Waals surface area contributed by atoms with Gasteiger partial charge in [-0.25, -0.2) is 0 Å². The Morgan fingerprint density at radius 2 is 1.72 bits per heavy atom. The van der Waals surface area contributed by atoms with Gasteiger partial charge in [-0.15, -0.1) is 0 Å². The van der Waals surface area contributed by atoms with Crippen molar-refractivity contribution >= 4 is 0 Å². The lowest BCUT2D eigenvalue weighted by atomic mass is 10.1. The van der Waals surface area contributed by atoms with Crippen LogP contribution in [0.5, 0.6) is 0 Å². The highest BCUT2D eigenvalue weighted by molar-refractivity contribution is 5.13. The quantitative estimate of drug-likeness (QED) is 0.585. The molecule has 0 saturated carbocycles. The predicted octanol–water partition coefficient (Wildman–Crippen LogP) is 3.95. The number of hydrogen-bond donors (Lipinski definition) is 2. The third kappa shape index (κ3) is 6.80. The van der Waals surface area contributed by atoms with E-state index in [1.165, 1.54) is 62.6 Å². The first kappa shape index (κ1) is 15.2. The second-order valence-electron chi connectivity index (χ2n) is 5.17. The fraction of sp³-hybridized carbons (Fsp3) is 0.800. The van der Waals surface area contributed by atoms with E-state index in [2.05, 4.69) is 29.4 Å². The third-order valence-electron chi connectivity index (χ3n) is 3.46. The van der Waals surface area contributed by atoms with Crippen LogP contribution >= 0.6 is 0 Å². The summed E-state index contributed by atoms with van der Waals surface area (Å²) in [4.78, 5) is 0. The van der Waals surface area contributed by atoms with Crippen LogP contribution in [0.25, 0.3) is 0 Å². The molecule has 2 N–H and O–H groups in total. The van der Waals surface area contributed by atoms with Crippen LogP contribution in [0.15, 0.2) is 6.20 Å². The van der Waals surface area contributed by atoms with E-state index in [4.69, 9.17) is 0 Å². The van der Waals surface area contributed by atoms with E-state index < -0.39 is 0 Å². The van der Waals surface area contributed by atoms with Crippen molar-refractivity contribution in [2.75, 3.05) is 6.54 Å². The van der Waals surface area contributed by atoms with Crippen LogP contribution in [0.2, 0.25) is 0 Å². The van der Waals surface area contributed by atoms with Crippen molar-refractivity contribution in [3.05, 3.63) is 17.5 Å². The number of nitrogens with one attached hydrogen (secondary N) is 2. The van der Waals surface area contributed by atoms with Crippen molar-refractivity contribution < 1.29 is 0 Å². The molecule has 0 fully saturated rings. The molecule has 18 heavy (non-hydrogen) atoms. The molecule has 0 aromatic carbocycles. The minimum atomic E-state index is 0.943. The summed E-state index contributed by atoms with van der Waals surface area (Å²) in [6, 6.07) is 0. The largest absolute Gasteiger partial charge is 0.313 e. The van der Waals surface area contributed by atoms with E-state index in [0.29, 0.717) is 0 Å². The van der Waals surface area contributed by atoms with Gasteiger partial charge in [-0.05, 0) is 19.9 Å². The van der Waals surface area contributed by atoms with E-state index in [0.717, 1.165) is 13.1 Å². The zero-order chi connectivity index (χ0) is 13.1. The summed E-state index contributed by atoms with van der Waals surface area (Å²) in [5.41, 5.74) is 2.47. The molecule has 3 nitrogen and oxygen atoms in total.